The van der Waals surface area contributed by atoms with Crippen LogP contribution in [-0.4, -0.2) is 25.1 Å². The molecule has 4 aromatic rings. The number of amides is 1. The Morgan fingerprint density at radius 3 is 2.38 bits per heavy atom. The Hall–Kier alpha value is -3.03. The molecule has 0 aliphatic carbocycles. The quantitative estimate of drug-likeness (QED) is 0.491. The van der Waals surface area contributed by atoms with E-state index in [4.69, 9.17) is 0 Å². The molecule has 3 aromatic carbocycles. The largest absolute Gasteiger partial charge is 0.321 e. The summed E-state index contributed by atoms with van der Waals surface area (Å²) >= 11 is 1.57. The maximum atomic E-state index is 12.7. The Morgan fingerprint density at radius 1 is 0.966 bits per heavy atom. The number of aromatic nitrogens is 1. The normalized spacial score (nSPS) is 11.5. The number of rotatable bonds is 5. The maximum absolute atomic E-state index is 12.7. The van der Waals surface area contributed by atoms with Crippen molar-refractivity contribution in [3.05, 3.63) is 78.4 Å². The predicted octanol–water partition coefficient (Wildman–Crippen LogP) is 5.01. The third-order valence-electron chi connectivity index (χ3n) is 4.56. The van der Waals surface area contributed by atoms with Gasteiger partial charge in [-0.1, -0.05) is 31.2 Å². The van der Waals surface area contributed by atoms with E-state index < -0.39 is 9.84 Å². The minimum atomic E-state index is -3.29. The number of hydrogen-bond donors (Lipinski definition) is 1. The second kappa shape index (κ2) is 7.77. The van der Waals surface area contributed by atoms with Crippen LogP contribution in [0.15, 0.2) is 77.7 Å². The highest BCUT2D eigenvalue weighted by molar-refractivity contribution is 7.91. The van der Waals surface area contributed by atoms with E-state index in [-0.39, 0.29) is 16.6 Å². The van der Waals surface area contributed by atoms with Crippen molar-refractivity contribution in [3.8, 4) is 10.6 Å². The first-order valence-corrected chi connectivity index (χ1v) is 11.5. The van der Waals surface area contributed by atoms with Gasteiger partial charge in [-0.25, -0.2) is 13.4 Å². The van der Waals surface area contributed by atoms with Crippen molar-refractivity contribution >= 4 is 43.0 Å². The van der Waals surface area contributed by atoms with Crippen LogP contribution in [0.4, 0.5) is 5.69 Å². The summed E-state index contributed by atoms with van der Waals surface area (Å²) in [5.41, 5.74) is 2.80. The number of nitrogens with zero attached hydrogens (tertiary/aromatic N) is 1. The minimum absolute atomic E-state index is 0.0219. The molecule has 0 atom stereocenters. The Labute approximate surface area is 173 Å². The zero-order valence-corrected chi connectivity index (χ0v) is 17.3. The number of carbonyl (C=O) groups excluding carboxylic acids is 1. The van der Waals surface area contributed by atoms with Gasteiger partial charge in [0.15, 0.2) is 9.84 Å². The number of nitrogens with one attached hydrogen (secondary N) is 1. The molecule has 1 aromatic heterocycles. The first-order chi connectivity index (χ1) is 14.0. The monoisotopic (exact) mass is 422 g/mol. The molecule has 0 radical (unpaired) electrons. The molecule has 146 valence electrons. The molecule has 7 heteroatoms. The van der Waals surface area contributed by atoms with Gasteiger partial charge in [-0.15, -0.1) is 11.3 Å². The summed E-state index contributed by atoms with van der Waals surface area (Å²) in [6.45, 7) is 1.59. The lowest BCUT2D eigenvalue weighted by molar-refractivity contribution is 0.102. The summed E-state index contributed by atoms with van der Waals surface area (Å²) in [6.07, 6.45) is 0. The number of fused-ring (bicyclic) bond motifs is 1. The third kappa shape index (κ3) is 3.92. The van der Waals surface area contributed by atoms with Gasteiger partial charge in [0.2, 0.25) is 0 Å². The van der Waals surface area contributed by atoms with Crippen molar-refractivity contribution in [2.45, 2.75) is 11.8 Å². The highest BCUT2D eigenvalue weighted by Gasteiger charge is 2.15. The van der Waals surface area contributed by atoms with E-state index in [1.54, 1.807) is 18.3 Å². The summed E-state index contributed by atoms with van der Waals surface area (Å²) in [5.74, 6) is -0.285. The molecule has 0 aliphatic rings. The molecule has 1 heterocycles. The smallest absolute Gasteiger partial charge is 0.255 e. The molecule has 0 bridgehead atoms. The zero-order chi connectivity index (χ0) is 20.4. The van der Waals surface area contributed by atoms with Gasteiger partial charge < -0.3 is 5.32 Å². The van der Waals surface area contributed by atoms with Gasteiger partial charge in [0.25, 0.3) is 5.91 Å². The molecule has 29 heavy (non-hydrogen) atoms. The van der Waals surface area contributed by atoms with Crippen LogP contribution in [-0.2, 0) is 9.84 Å². The lowest BCUT2D eigenvalue weighted by Crippen LogP contribution is -2.13. The molecule has 0 saturated carbocycles. The van der Waals surface area contributed by atoms with Gasteiger partial charge in [0.05, 0.1) is 26.6 Å². The van der Waals surface area contributed by atoms with E-state index >= 15 is 0 Å². The van der Waals surface area contributed by atoms with Gasteiger partial charge in [0, 0.05) is 11.1 Å². The van der Waals surface area contributed by atoms with E-state index in [1.165, 1.54) is 24.3 Å². The van der Waals surface area contributed by atoms with Gasteiger partial charge >= 0.3 is 0 Å². The second-order valence-electron chi connectivity index (χ2n) is 6.41. The van der Waals surface area contributed by atoms with E-state index in [1.807, 2.05) is 48.5 Å². The van der Waals surface area contributed by atoms with Gasteiger partial charge in [-0.05, 0) is 48.5 Å². The van der Waals surface area contributed by atoms with E-state index in [9.17, 15) is 13.2 Å². The highest BCUT2D eigenvalue weighted by atomic mass is 32.2. The second-order valence-corrected chi connectivity index (χ2v) is 9.72. The van der Waals surface area contributed by atoms with Crippen LogP contribution >= 0.6 is 11.3 Å². The van der Waals surface area contributed by atoms with Crippen molar-refractivity contribution in [3.63, 3.8) is 0 Å². The van der Waals surface area contributed by atoms with Crippen molar-refractivity contribution < 1.29 is 13.2 Å². The molecule has 0 spiro atoms. The fourth-order valence-electron chi connectivity index (χ4n) is 2.94. The number of para-hydroxylation sites is 2. The minimum Gasteiger partial charge on any atom is -0.321 e. The van der Waals surface area contributed by atoms with Crippen LogP contribution in [0.1, 0.15) is 17.3 Å². The molecule has 0 unspecified atom stereocenters. The summed E-state index contributed by atoms with van der Waals surface area (Å²) < 4.78 is 25.0. The van der Waals surface area contributed by atoms with Crippen LogP contribution in [0.2, 0.25) is 0 Å². The number of hydrogen-bond acceptors (Lipinski definition) is 5. The summed E-state index contributed by atoms with van der Waals surface area (Å²) in [4.78, 5) is 17.6. The lowest BCUT2D eigenvalue weighted by Gasteiger charge is -2.10. The Balaban J connectivity index is 1.62. The fourth-order valence-corrected chi connectivity index (χ4v) is 4.83. The fraction of sp³-hybridized carbons (Fsp3) is 0.0909. The highest BCUT2D eigenvalue weighted by Crippen LogP contribution is 2.34. The number of carbonyl (C=O) groups is 1. The predicted molar refractivity (Wildman–Crippen MR) is 117 cm³/mol. The van der Waals surface area contributed by atoms with E-state index in [0.717, 1.165) is 20.8 Å². The average Bonchev–Trinajstić information content (AvgIpc) is 3.18. The number of sulfone groups is 1. The number of benzene rings is 3. The SMILES string of the molecule is CCS(=O)(=O)c1ccc(C(=O)Nc2ccccc2-c2nc3ccccc3s2)cc1. The first-order valence-electron chi connectivity index (χ1n) is 9.07. The van der Waals surface area contributed by atoms with Crippen molar-refractivity contribution in [2.24, 2.45) is 0 Å². The average molecular weight is 423 g/mol. The number of thiazole rings is 1. The van der Waals surface area contributed by atoms with Crippen LogP contribution in [0, 0.1) is 0 Å². The zero-order valence-electron chi connectivity index (χ0n) is 15.6. The third-order valence-corrected chi connectivity index (χ3v) is 7.38. The van der Waals surface area contributed by atoms with Crippen LogP contribution in [0.25, 0.3) is 20.8 Å². The van der Waals surface area contributed by atoms with Crippen LogP contribution in [0.5, 0.6) is 0 Å². The number of anilines is 1. The maximum Gasteiger partial charge on any atom is 0.255 e. The molecule has 1 amide bonds. The lowest BCUT2D eigenvalue weighted by atomic mass is 10.1. The van der Waals surface area contributed by atoms with Crippen molar-refractivity contribution in [1.82, 2.24) is 4.98 Å². The summed E-state index contributed by atoms with van der Waals surface area (Å²) in [5, 5.41) is 3.75. The van der Waals surface area contributed by atoms with Crippen molar-refractivity contribution in [2.75, 3.05) is 11.1 Å². The Kier molecular flexibility index (Phi) is 5.17. The topological polar surface area (TPSA) is 76.1 Å². The molecule has 0 aliphatic heterocycles. The first kappa shape index (κ1) is 19.3. The van der Waals surface area contributed by atoms with Crippen LogP contribution < -0.4 is 5.32 Å². The van der Waals surface area contributed by atoms with E-state index in [2.05, 4.69) is 10.3 Å². The van der Waals surface area contributed by atoms with Gasteiger partial charge in [-0.3, -0.25) is 4.79 Å². The van der Waals surface area contributed by atoms with Crippen molar-refractivity contribution in [1.29, 1.82) is 0 Å². The van der Waals surface area contributed by atoms with Crippen LogP contribution in [0.3, 0.4) is 0 Å². The van der Waals surface area contributed by atoms with Gasteiger partial charge in [-0.2, -0.15) is 0 Å². The summed E-state index contributed by atoms with van der Waals surface area (Å²) in [7, 11) is -3.29. The Bertz CT molecular complexity index is 1260. The summed E-state index contributed by atoms with van der Waals surface area (Å²) in [6, 6.07) is 21.4. The Morgan fingerprint density at radius 2 is 1.66 bits per heavy atom. The molecule has 5 nitrogen and oxygen atoms in total. The van der Waals surface area contributed by atoms with Gasteiger partial charge in [0.1, 0.15) is 5.01 Å². The molecule has 0 fully saturated rings. The molecular formula is C22H18N2O3S2. The standard InChI is InChI=1S/C22H18N2O3S2/c1-2-29(26,27)16-13-11-15(12-14-16)21(25)23-18-8-4-3-7-17(18)22-24-19-9-5-6-10-20(19)28-22/h3-14H,2H2,1H3,(H,23,25). The molecule has 0 saturated heterocycles. The molecular weight excluding hydrogens is 404 g/mol. The molecule has 4 rings (SSSR count). The van der Waals surface area contributed by atoms with E-state index in [0.29, 0.717) is 11.3 Å². The molecule has 1 N–H and O–H groups in total.